The number of hydrogen-bond acceptors (Lipinski definition) is 4. The first kappa shape index (κ1) is 18.6. The predicted octanol–water partition coefficient (Wildman–Crippen LogP) is 3.43. The first-order chi connectivity index (χ1) is 13.0. The molecule has 0 radical (unpaired) electrons. The quantitative estimate of drug-likeness (QED) is 0.575. The van der Waals surface area contributed by atoms with Crippen molar-refractivity contribution in [3.63, 3.8) is 0 Å². The monoisotopic (exact) mass is 373 g/mol. The van der Waals surface area contributed by atoms with Gasteiger partial charge in [0.05, 0.1) is 0 Å². The van der Waals surface area contributed by atoms with Crippen molar-refractivity contribution in [1.29, 1.82) is 0 Å². The van der Waals surface area contributed by atoms with Gasteiger partial charge in [-0.1, -0.05) is 30.3 Å². The second-order valence-electron chi connectivity index (χ2n) is 5.81. The van der Waals surface area contributed by atoms with E-state index in [1.807, 2.05) is 24.3 Å². The van der Waals surface area contributed by atoms with Crippen LogP contribution in [0.2, 0.25) is 0 Å². The Bertz CT molecular complexity index is 849. The summed E-state index contributed by atoms with van der Waals surface area (Å²) in [6.45, 7) is -2.67. The van der Waals surface area contributed by atoms with Crippen LogP contribution in [0.15, 0.2) is 54.6 Å². The van der Waals surface area contributed by atoms with Gasteiger partial charge in [-0.3, -0.25) is 4.79 Å². The molecule has 1 aliphatic heterocycles. The highest BCUT2D eigenvalue weighted by atomic mass is 19.3. The molecule has 0 unspecified atom stereocenters. The number of alkyl halides is 2. The molecule has 0 spiro atoms. The topological polar surface area (TPSA) is 55.8 Å². The third-order valence-corrected chi connectivity index (χ3v) is 4.04. The molecule has 1 heterocycles. The molecule has 7 heteroatoms. The number of amides is 1. The number of anilines is 1. The Morgan fingerprint density at radius 1 is 1.11 bits per heavy atom. The van der Waals surface area contributed by atoms with Gasteiger partial charge in [0.15, 0.2) is 6.61 Å². The lowest BCUT2D eigenvalue weighted by atomic mass is 10.2. The summed E-state index contributed by atoms with van der Waals surface area (Å²) >= 11 is 0. The number of nitrogens with zero attached hydrogens (tertiary/aromatic N) is 1. The first-order valence-electron chi connectivity index (χ1n) is 8.31. The van der Waals surface area contributed by atoms with Crippen LogP contribution < -0.4 is 9.64 Å². The number of esters is 1. The number of carbonyl (C=O) groups is 2. The molecule has 3 rings (SSSR count). The fourth-order valence-corrected chi connectivity index (χ4v) is 2.78. The highest BCUT2D eigenvalue weighted by Crippen LogP contribution is 2.27. The van der Waals surface area contributed by atoms with Gasteiger partial charge in [0.25, 0.3) is 5.91 Å². The van der Waals surface area contributed by atoms with Crippen LogP contribution in [0.4, 0.5) is 14.5 Å². The molecular formula is C20H17F2NO4. The number of carbonyl (C=O) groups excluding carboxylic acids is 2. The molecule has 2 aromatic rings. The third-order valence-electron chi connectivity index (χ3n) is 4.04. The zero-order valence-electron chi connectivity index (χ0n) is 14.3. The molecule has 0 atom stereocenters. The minimum absolute atomic E-state index is 0.0289. The van der Waals surface area contributed by atoms with E-state index in [0.717, 1.165) is 17.7 Å². The van der Waals surface area contributed by atoms with Gasteiger partial charge in [-0.15, -0.1) is 0 Å². The maximum atomic E-state index is 12.3. The van der Waals surface area contributed by atoms with E-state index in [1.165, 1.54) is 36.4 Å². The van der Waals surface area contributed by atoms with Crippen molar-refractivity contribution in [3.05, 3.63) is 65.7 Å². The van der Waals surface area contributed by atoms with Crippen molar-refractivity contribution < 1.29 is 27.8 Å². The summed E-state index contributed by atoms with van der Waals surface area (Å²) in [5.74, 6) is -0.917. The Kier molecular flexibility index (Phi) is 5.80. The molecule has 1 aliphatic rings. The Balaban J connectivity index is 1.49. The number of benzene rings is 2. The molecule has 27 heavy (non-hydrogen) atoms. The van der Waals surface area contributed by atoms with Gasteiger partial charge in [0.2, 0.25) is 0 Å². The van der Waals surface area contributed by atoms with Crippen LogP contribution in [-0.4, -0.2) is 31.6 Å². The second kappa shape index (κ2) is 8.44. The minimum Gasteiger partial charge on any atom is -0.452 e. The van der Waals surface area contributed by atoms with Crippen LogP contribution in [0.25, 0.3) is 6.08 Å². The zero-order chi connectivity index (χ0) is 19.2. The van der Waals surface area contributed by atoms with Crippen molar-refractivity contribution in [3.8, 4) is 5.75 Å². The van der Waals surface area contributed by atoms with Gasteiger partial charge in [0.1, 0.15) is 5.75 Å². The normalized spacial score (nSPS) is 13.1. The molecule has 0 saturated heterocycles. The van der Waals surface area contributed by atoms with E-state index in [-0.39, 0.29) is 18.3 Å². The van der Waals surface area contributed by atoms with Crippen LogP contribution in [0.1, 0.15) is 11.1 Å². The van der Waals surface area contributed by atoms with Crippen molar-refractivity contribution in [2.75, 3.05) is 18.1 Å². The predicted molar refractivity (Wildman–Crippen MR) is 95.6 cm³/mol. The van der Waals surface area contributed by atoms with Crippen LogP contribution in [0, 0.1) is 0 Å². The number of halogens is 2. The highest BCUT2D eigenvalue weighted by molar-refractivity contribution is 5.98. The van der Waals surface area contributed by atoms with E-state index in [4.69, 9.17) is 4.74 Å². The highest BCUT2D eigenvalue weighted by Gasteiger charge is 2.24. The Labute approximate surface area is 154 Å². The van der Waals surface area contributed by atoms with E-state index < -0.39 is 12.6 Å². The average Bonchev–Trinajstić information content (AvgIpc) is 3.09. The van der Waals surface area contributed by atoms with Crippen LogP contribution in [0.5, 0.6) is 5.75 Å². The van der Waals surface area contributed by atoms with Crippen LogP contribution >= 0.6 is 0 Å². The number of fused-ring (bicyclic) bond motifs is 1. The molecule has 140 valence electrons. The van der Waals surface area contributed by atoms with Crippen molar-refractivity contribution in [2.45, 2.75) is 13.0 Å². The largest absolute Gasteiger partial charge is 0.452 e. The fourth-order valence-electron chi connectivity index (χ4n) is 2.78. The summed E-state index contributed by atoms with van der Waals surface area (Å²) in [4.78, 5) is 25.7. The summed E-state index contributed by atoms with van der Waals surface area (Å²) in [7, 11) is 0. The van der Waals surface area contributed by atoms with Crippen LogP contribution in [0.3, 0.4) is 0 Å². The molecule has 0 aliphatic carbocycles. The van der Waals surface area contributed by atoms with E-state index >= 15 is 0 Å². The molecule has 0 aromatic heterocycles. The maximum Gasteiger partial charge on any atom is 0.387 e. The lowest BCUT2D eigenvalue weighted by Crippen LogP contribution is -2.33. The van der Waals surface area contributed by atoms with Gasteiger partial charge >= 0.3 is 12.6 Å². The molecule has 5 nitrogen and oxygen atoms in total. The SMILES string of the molecule is O=C(/C=C/c1ccc(OC(F)F)cc1)OCC(=O)N1CCc2ccccc21. The Morgan fingerprint density at radius 3 is 2.59 bits per heavy atom. The summed E-state index contributed by atoms with van der Waals surface area (Å²) in [5.41, 5.74) is 2.55. The molecular weight excluding hydrogens is 356 g/mol. The van der Waals surface area contributed by atoms with E-state index in [1.54, 1.807) is 4.90 Å². The molecule has 0 bridgehead atoms. The van der Waals surface area contributed by atoms with Crippen molar-refractivity contribution in [1.82, 2.24) is 0 Å². The summed E-state index contributed by atoms with van der Waals surface area (Å²) < 4.78 is 33.4. The Morgan fingerprint density at radius 2 is 1.85 bits per heavy atom. The Hall–Kier alpha value is -3.22. The standard InChI is InChI=1S/C20H17F2NO4/c21-20(22)27-16-8-5-14(6-9-16)7-10-19(25)26-13-18(24)23-12-11-15-3-1-2-4-17(15)23/h1-10,20H,11-13H2/b10-7+. The number of ether oxygens (including phenoxy) is 2. The van der Waals surface area contributed by atoms with Gasteiger partial charge in [0, 0.05) is 18.3 Å². The number of para-hydroxylation sites is 1. The molecule has 1 amide bonds. The van der Waals surface area contributed by atoms with E-state index in [9.17, 15) is 18.4 Å². The van der Waals surface area contributed by atoms with Gasteiger partial charge in [-0.25, -0.2) is 4.79 Å². The third kappa shape index (κ3) is 4.91. The molecule has 0 saturated carbocycles. The first-order valence-corrected chi connectivity index (χ1v) is 8.31. The zero-order valence-corrected chi connectivity index (χ0v) is 14.3. The van der Waals surface area contributed by atoms with Crippen LogP contribution in [-0.2, 0) is 20.7 Å². The maximum absolute atomic E-state index is 12.3. The van der Waals surface area contributed by atoms with Crippen molar-refractivity contribution >= 4 is 23.6 Å². The molecule has 0 fully saturated rings. The summed E-state index contributed by atoms with van der Waals surface area (Å²) in [6.07, 6.45) is 3.42. The lowest BCUT2D eigenvalue weighted by Gasteiger charge is -2.16. The van der Waals surface area contributed by atoms with Gasteiger partial charge < -0.3 is 14.4 Å². The van der Waals surface area contributed by atoms with Crippen molar-refractivity contribution in [2.24, 2.45) is 0 Å². The molecule has 2 aromatic carbocycles. The van der Waals surface area contributed by atoms with Gasteiger partial charge in [-0.05, 0) is 41.8 Å². The number of hydrogen-bond donors (Lipinski definition) is 0. The van der Waals surface area contributed by atoms with E-state index in [2.05, 4.69) is 4.74 Å². The second-order valence-corrected chi connectivity index (χ2v) is 5.81. The number of rotatable bonds is 6. The molecule has 0 N–H and O–H groups in total. The van der Waals surface area contributed by atoms with Gasteiger partial charge in [-0.2, -0.15) is 8.78 Å². The lowest BCUT2D eigenvalue weighted by molar-refractivity contribution is -0.142. The summed E-state index contributed by atoms with van der Waals surface area (Å²) in [6, 6.07) is 13.4. The minimum atomic E-state index is -2.89. The smallest absolute Gasteiger partial charge is 0.387 e. The summed E-state index contributed by atoms with van der Waals surface area (Å²) in [5, 5.41) is 0. The average molecular weight is 373 g/mol. The fraction of sp³-hybridized carbons (Fsp3) is 0.200. The van der Waals surface area contributed by atoms with E-state index in [0.29, 0.717) is 12.1 Å².